The van der Waals surface area contributed by atoms with Crippen LogP contribution in [0.5, 0.6) is 5.75 Å². The Bertz CT molecular complexity index is 540. The number of nitrogens with one attached hydrogen (secondary N) is 1. The number of aliphatic hydroxyl groups is 1. The van der Waals surface area contributed by atoms with Gasteiger partial charge in [-0.3, -0.25) is 4.99 Å². The Balaban J connectivity index is 2.51. The first-order valence-electron chi connectivity index (χ1n) is 7.03. The minimum absolute atomic E-state index is 0.0200. The summed E-state index contributed by atoms with van der Waals surface area (Å²) in [5.74, 6) is 0.208. The lowest BCUT2D eigenvalue weighted by Crippen LogP contribution is -2.45. The molecule has 0 spiro atoms. The average Bonchev–Trinajstić information content (AvgIpc) is 2.40. The monoisotopic (exact) mass is 333 g/mol. The molecule has 0 bridgehead atoms. The fourth-order valence-electron chi connectivity index (χ4n) is 1.63. The minimum Gasteiger partial charge on any atom is -0.491 e. The topological polar surface area (TPSA) is 79.9 Å². The highest BCUT2D eigenvalue weighted by Gasteiger charge is 2.30. The van der Waals surface area contributed by atoms with Crippen LogP contribution in [0.15, 0.2) is 29.3 Å². The summed E-state index contributed by atoms with van der Waals surface area (Å²) in [4.78, 5) is 3.95. The quantitative estimate of drug-likeness (QED) is 0.570. The Hall–Kier alpha value is -1.96. The van der Waals surface area contributed by atoms with E-state index in [-0.39, 0.29) is 30.4 Å². The molecule has 0 aliphatic rings. The molecule has 0 aliphatic heterocycles. The van der Waals surface area contributed by atoms with Crippen molar-refractivity contribution in [2.45, 2.75) is 38.6 Å². The highest BCUT2D eigenvalue weighted by Crippen LogP contribution is 2.31. The zero-order valence-electron chi connectivity index (χ0n) is 13.3. The van der Waals surface area contributed by atoms with Crippen LogP contribution in [0, 0.1) is 0 Å². The lowest BCUT2D eigenvalue weighted by Gasteiger charge is -2.21. The number of aliphatic imine (C=N–C) groups is 1. The van der Waals surface area contributed by atoms with Crippen LogP contribution in [-0.4, -0.2) is 35.9 Å². The molecule has 4 N–H and O–H groups in total. The van der Waals surface area contributed by atoms with Crippen LogP contribution in [0.3, 0.4) is 0 Å². The van der Waals surface area contributed by atoms with Crippen molar-refractivity contribution in [1.82, 2.24) is 5.32 Å². The molecule has 0 amide bonds. The van der Waals surface area contributed by atoms with Gasteiger partial charge in [-0.1, -0.05) is 6.07 Å². The molecule has 1 aromatic carbocycles. The number of aliphatic hydroxyl groups excluding tert-OH is 1. The van der Waals surface area contributed by atoms with Gasteiger partial charge in [0.15, 0.2) is 5.96 Å². The molecule has 130 valence electrons. The summed E-state index contributed by atoms with van der Waals surface area (Å²) in [6, 6.07) is 4.46. The van der Waals surface area contributed by atoms with E-state index in [1.165, 1.54) is 12.1 Å². The van der Waals surface area contributed by atoms with Gasteiger partial charge in [0.1, 0.15) is 18.5 Å². The SMILES string of the molecule is CC(C)(C)NC(N)=NCC(O)COc1cccc(C(F)(F)F)c1. The Morgan fingerprint density at radius 3 is 2.57 bits per heavy atom. The van der Waals surface area contributed by atoms with E-state index in [0.29, 0.717) is 0 Å². The van der Waals surface area contributed by atoms with E-state index in [0.717, 1.165) is 12.1 Å². The first-order chi connectivity index (χ1) is 10.5. The van der Waals surface area contributed by atoms with Crippen molar-refractivity contribution >= 4 is 5.96 Å². The zero-order valence-corrected chi connectivity index (χ0v) is 13.3. The third-order valence-corrected chi connectivity index (χ3v) is 2.58. The van der Waals surface area contributed by atoms with E-state index in [4.69, 9.17) is 10.5 Å². The number of hydrogen-bond acceptors (Lipinski definition) is 3. The fraction of sp³-hybridized carbons (Fsp3) is 0.533. The Morgan fingerprint density at radius 1 is 1.35 bits per heavy atom. The van der Waals surface area contributed by atoms with Crippen molar-refractivity contribution in [1.29, 1.82) is 0 Å². The van der Waals surface area contributed by atoms with Crippen molar-refractivity contribution in [3.8, 4) is 5.75 Å². The molecule has 1 rings (SSSR count). The van der Waals surface area contributed by atoms with Crippen molar-refractivity contribution < 1.29 is 23.0 Å². The summed E-state index contributed by atoms with van der Waals surface area (Å²) >= 11 is 0. The summed E-state index contributed by atoms with van der Waals surface area (Å²) in [7, 11) is 0. The third kappa shape index (κ3) is 7.73. The fourth-order valence-corrected chi connectivity index (χ4v) is 1.63. The largest absolute Gasteiger partial charge is 0.491 e. The molecule has 0 saturated heterocycles. The number of hydrogen-bond donors (Lipinski definition) is 3. The van der Waals surface area contributed by atoms with E-state index in [1.807, 2.05) is 20.8 Å². The third-order valence-electron chi connectivity index (χ3n) is 2.58. The van der Waals surface area contributed by atoms with Crippen LogP contribution in [0.2, 0.25) is 0 Å². The number of alkyl halides is 3. The number of nitrogens with zero attached hydrogens (tertiary/aromatic N) is 1. The van der Waals surface area contributed by atoms with Gasteiger partial charge in [-0.2, -0.15) is 13.2 Å². The second kappa shape index (κ2) is 7.54. The normalized spacial score (nSPS) is 14.5. The second-order valence-corrected chi connectivity index (χ2v) is 6.09. The van der Waals surface area contributed by atoms with Gasteiger partial charge in [0, 0.05) is 5.54 Å². The lowest BCUT2D eigenvalue weighted by molar-refractivity contribution is -0.137. The summed E-state index contributed by atoms with van der Waals surface area (Å²) in [5, 5.41) is 12.7. The Kier molecular flexibility index (Phi) is 6.26. The molecule has 1 aromatic rings. The summed E-state index contributed by atoms with van der Waals surface area (Å²) in [6.45, 7) is 5.51. The van der Waals surface area contributed by atoms with Crippen LogP contribution >= 0.6 is 0 Å². The van der Waals surface area contributed by atoms with E-state index in [9.17, 15) is 18.3 Å². The van der Waals surface area contributed by atoms with Crippen molar-refractivity contribution in [2.75, 3.05) is 13.2 Å². The number of ether oxygens (including phenoxy) is 1. The van der Waals surface area contributed by atoms with Gasteiger partial charge in [-0.25, -0.2) is 0 Å². The van der Waals surface area contributed by atoms with E-state index < -0.39 is 17.8 Å². The molecular weight excluding hydrogens is 311 g/mol. The molecule has 1 unspecified atom stereocenters. The van der Waals surface area contributed by atoms with Crippen LogP contribution < -0.4 is 15.8 Å². The van der Waals surface area contributed by atoms with Gasteiger partial charge in [0.05, 0.1) is 12.1 Å². The molecule has 8 heteroatoms. The van der Waals surface area contributed by atoms with Gasteiger partial charge in [-0.05, 0) is 39.0 Å². The molecule has 0 saturated carbocycles. The lowest BCUT2D eigenvalue weighted by atomic mass is 10.1. The van der Waals surface area contributed by atoms with Gasteiger partial charge < -0.3 is 20.9 Å². The molecule has 0 fully saturated rings. The first-order valence-corrected chi connectivity index (χ1v) is 7.03. The van der Waals surface area contributed by atoms with Crippen LogP contribution in [0.4, 0.5) is 13.2 Å². The van der Waals surface area contributed by atoms with Gasteiger partial charge in [0.2, 0.25) is 0 Å². The van der Waals surface area contributed by atoms with Gasteiger partial charge >= 0.3 is 6.18 Å². The standard InChI is InChI=1S/C15H22F3N3O2/c1-14(2,3)21-13(19)20-8-11(22)9-23-12-6-4-5-10(7-12)15(16,17)18/h4-7,11,22H,8-9H2,1-3H3,(H3,19,20,21). The maximum atomic E-state index is 12.6. The van der Waals surface area contributed by atoms with Crippen LogP contribution in [-0.2, 0) is 6.18 Å². The minimum atomic E-state index is -4.44. The van der Waals surface area contributed by atoms with Gasteiger partial charge in [-0.15, -0.1) is 0 Å². The molecule has 0 radical (unpaired) electrons. The van der Waals surface area contributed by atoms with Crippen LogP contribution in [0.25, 0.3) is 0 Å². The Labute approximate surface area is 133 Å². The highest BCUT2D eigenvalue weighted by atomic mass is 19.4. The predicted molar refractivity (Wildman–Crippen MR) is 82.3 cm³/mol. The molecule has 5 nitrogen and oxygen atoms in total. The highest BCUT2D eigenvalue weighted by molar-refractivity contribution is 5.78. The molecule has 0 aromatic heterocycles. The number of benzene rings is 1. The number of guanidine groups is 1. The van der Waals surface area contributed by atoms with E-state index in [1.54, 1.807) is 0 Å². The van der Waals surface area contributed by atoms with E-state index in [2.05, 4.69) is 10.3 Å². The van der Waals surface area contributed by atoms with Crippen molar-refractivity contribution in [3.05, 3.63) is 29.8 Å². The Morgan fingerprint density at radius 2 is 2.00 bits per heavy atom. The van der Waals surface area contributed by atoms with Crippen LogP contribution in [0.1, 0.15) is 26.3 Å². The van der Waals surface area contributed by atoms with Gasteiger partial charge in [0.25, 0.3) is 0 Å². The molecular formula is C15H22F3N3O2. The van der Waals surface area contributed by atoms with Crippen molar-refractivity contribution in [3.63, 3.8) is 0 Å². The summed E-state index contributed by atoms with van der Waals surface area (Å²) < 4.78 is 42.9. The number of nitrogens with two attached hydrogens (primary N) is 1. The molecule has 1 atom stereocenters. The maximum Gasteiger partial charge on any atom is 0.416 e. The van der Waals surface area contributed by atoms with E-state index >= 15 is 0 Å². The average molecular weight is 333 g/mol. The van der Waals surface area contributed by atoms with Crippen molar-refractivity contribution in [2.24, 2.45) is 10.7 Å². The number of halogens is 3. The maximum absolute atomic E-state index is 12.6. The first kappa shape index (κ1) is 19.1. The number of rotatable bonds is 5. The summed E-state index contributed by atoms with van der Waals surface area (Å²) in [5.41, 5.74) is 4.58. The molecule has 23 heavy (non-hydrogen) atoms. The second-order valence-electron chi connectivity index (χ2n) is 6.09. The summed E-state index contributed by atoms with van der Waals surface area (Å²) in [6.07, 6.45) is -5.42. The smallest absolute Gasteiger partial charge is 0.416 e. The molecule has 0 heterocycles. The molecule has 0 aliphatic carbocycles. The predicted octanol–water partition coefficient (Wildman–Crippen LogP) is 2.15. The zero-order chi connectivity index (χ0) is 17.7.